The Bertz CT molecular complexity index is 51.0. The third kappa shape index (κ3) is 18.0. The monoisotopic (exact) mass is 255 g/mol. The summed E-state index contributed by atoms with van der Waals surface area (Å²) in [7, 11) is 0. The normalized spacial score (nSPS) is 4.86. The Balaban J connectivity index is -0.0000000800. The molecule has 2 nitrogen and oxygen atoms in total. The number of carbonyl (C=O) groups excluding carboxylic acids is 1. The first-order valence-electron chi connectivity index (χ1n) is 1.09. The van der Waals surface area contributed by atoms with Crippen molar-refractivity contribution < 1.29 is 44.6 Å². The van der Waals surface area contributed by atoms with Gasteiger partial charge in [-0.1, -0.05) is 0 Å². The molecule has 7 heavy (non-hydrogen) atoms. The van der Waals surface area contributed by atoms with Gasteiger partial charge in [-0.3, -0.25) is 4.79 Å². The molecule has 0 amide bonds. The van der Waals surface area contributed by atoms with E-state index in [0.29, 0.717) is 0 Å². The van der Waals surface area contributed by atoms with Gasteiger partial charge in [-0.25, -0.2) is 0 Å². The molecule has 0 atom stereocenters. The molecule has 0 spiro atoms. The van der Waals surface area contributed by atoms with Crippen molar-refractivity contribution in [2.45, 2.75) is 6.92 Å². The molecule has 0 rings (SSSR count). The first kappa shape index (κ1) is 16.0. The maximum absolute atomic E-state index is 9.51. The van der Waals surface area contributed by atoms with E-state index in [2.05, 4.69) is 17.1 Å². The Morgan fingerprint density at radius 1 is 1.71 bits per heavy atom. The minimum absolute atomic E-state index is 0. The van der Waals surface area contributed by atoms with Crippen molar-refractivity contribution in [2.75, 3.05) is 0 Å². The van der Waals surface area contributed by atoms with Crippen molar-refractivity contribution in [3.63, 3.8) is 0 Å². The molecule has 1 radical (unpaired) electrons. The third-order valence-corrected chi connectivity index (χ3v) is 0.386. The summed E-state index contributed by atoms with van der Waals surface area (Å²) in [6, 6.07) is 0. The van der Waals surface area contributed by atoms with Crippen LogP contribution in [-0.2, 0) is 8.98 Å². The Kier molecular flexibility index (Phi) is 24.9. The fourth-order valence-corrected chi connectivity index (χ4v) is 0. The fourth-order valence-electron chi connectivity index (χ4n) is 0. The topological polar surface area (TPSA) is 26.3 Å². The minimum atomic E-state index is -0.381. The van der Waals surface area contributed by atoms with Gasteiger partial charge in [0.1, 0.15) is 0 Å². The molecule has 35 valence electrons. The van der Waals surface area contributed by atoms with Crippen LogP contribution in [-0.4, -0.2) is 35.5 Å². The molecular weight excluding hydrogens is 250 g/mol. The van der Waals surface area contributed by atoms with E-state index in [0.717, 1.165) is 0 Å². The van der Waals surface area contributed by atoms with E-state index in [1.165, 1.54) is 6.92 Å². The van der Waals surface area contributed by atoms with E-state index in [9.17, 15) is 4.79 Å². The zero-order chi connectivity index (χ0) is 4.28. The Morgan fingerprint density at radius 2 is 1.86 bits per heavy atom. The average Bonchev–Trinajstić information content (AvgIpc) is 1.38. The molecule has 5 heteroatoms. The quantitative estimate of drug-likeness (QED) is 0.367. The summed E-state index contributed by atoms with van der Waals surface area (Å²) in [6.45, 7) is 1.28. The number of carbonyl (C=O) groups is 1. The van der Waals surface area contributed by atoms with Crippen molar-refractivity contribution in [3.8, 4) is 0 Å². The first-order valence-corrected chi connectivity index (χ1v) is 1.46. The molecule has 0 unspecified atom stereocenters. The summed E-state index contributed by atoms with van der Waals surface area (Å²) >= 11 is 3.17. The van der Waals surface area contributed by atoms with Crippen LogP contribution in [0.15, 0.2) is 0 Å². The third-order valence-electron chi connectivity index (χ3n) is 0.129. The fraction of sp³-hybridized carbons (Fsp3) is 0.500. The second-order valence-corrected chi connectivity index (χ2v) is 0.765. The van der Waals surface area contributed by atoms with Crippen LogP contribution in [0.5, 0.6) is 0 Å². The number of hydrogen-bond acceptors (Lipinski definition) is 3. The second-order valence-electron chi connectivity index (χ2n) is 0.583. The van der Waals surface area contributed by atoms with E-state index in [-0.39, 0.29) is 71.1 Å². The van der Waals surface area contributed by atoms with Crippen LogP contribution in [0.1, 0.15) is 6.92 Å². The molecule has 0 heterocycles. The summed E-state index contributed by atoms with van der Waals surface area (Å²) in [6.07, 6.45) is 0. The van der Waals surface area contributed by atoms with Gasteiger partial charge in [0.15, 0.2) is 0 Å². The molecule has 0 aliphatic carbocycles. The van der Waals surface area contributed by atoms with Crippen LogP contribution in [0.25, 0.3) is 0 Å². The Hall–Kier alpha value is 2.01. The van der Waals surface area contributed by atoms with Crippen LogP contribution in [0.2, 0.25) is 0 Å². The van der Waals surface area contributed by atoms with Gasteiger partial charge in [0.25, 0.3) is 0 Å². The molecule has 0 aliphatic rings. The van der Waals surface area contributed by atoms with Gasteiger partial charge in [-0.2, -0.15) is 0 Å². The van der Waals surface area contributed by atoms with Crippen molar-refractivity contribution in [3.05, 3.63) is 0 Å². The molecule has 0 N–H and O–H groups in total. The van der Waals surface area contributed by atoms with Gasteiger partial charge in [-0.05, 0) is 0 Å². The second kappa shape index (κ2) is 10.9. The van der Waals surface area contributed by atoms with Gasteiger partial charge in [0.2, 0.25) is 0 Å². The molecular formula is C2H5LaNaO2S. The van der Waals surface area contributed by atoms with Crippen LogP contribution < -0.4 is 0 Å². The summed E-state index contributed by atoms with van der Waals surface area (Å²) in [5, 5.41) is 0. The Morgan fingerprint density at radius 3 is 1.86 bits per heavy atom. The standard InChI is InChI=1S/C2H4O2S.La.Na.H/c1-2(3)4-5;;;/h5H,1H3;;;. The molecule has 0 bridgehead atoms. The van der Waals surface area contributed by atoms with Crippen LogP contribution in [0.4, 0.5) is 0 Å². The van der Waals surface area contributed by atoms with E-state index < -0.39 is 0 Å². The van der Waals surface area contributed by atoms with Gasteiger partial charge in [0.05, 0.1) is 0 Å². The zero-order valence-electron chi connectivity index (χ0n) is 3.34. The van der Waals surface area contributed by atoms with Crippen molar-refractivity contribution in [1.82, 2.24) is 0 Å². The van der Waals surface area contributed by atoms with E-state index >= 15 is 0 Å². The van der Waals surface area contributed by atoms with Crippen LogP contribution in [0, 0.1) is 35.6 Å². The van der Waals surface area contributed by atoms with Crippen molar-refractivity contribution in [2.24, 2.45) is 0 Å². The zero-order valence-corrected chi connectivity index (χ0v) is 7.86. The van der Waals surface area contributed by atoms with Gasteiger partial charge < -0.3 is 4.18 Å². The average molecular weight is 255 g/mol. The molecule has 0 aromatic carbocycles. The summed E-state index contributed by atoms with van der Waals surface area (Å²) in [4.78, 5) is 9.51. The maximum atomic E-state index is 9.51. The molecule has 0 aromatic heterocycles. The predicted molar refractivity (Wildman–Crippen MR) is 27.9 cm³/mol. The van der Waals surface area contributed by atoms with E-state index in [4.69, 9.17) is 0 Å². The molecule has 0 aromatic rings. The van der Waals surface area contributed by atoms with Crippen molar-refractivity contribution in [1.29, 1.82) is 0 Å². The summed E-state index contributed by atoms with van der Waals surface area (Å²) in [5.74, 6) is -0.381. The number of thiol groups is 1. The SMILES string of the molecule is CC(=O)OS.[La].[NaH]. The van der Waals surface area contributed by atoms with Gasteiger partial charge in [-0.15, -0.1) is 0 Å². The van der Waals surface area contributed by atoms with Gasteiger partial charge >= 0.3 is 35.5 Å². The van der Waals surface area contributed by atoms with E-state index in [1.807, 2.05) is 0 Å². The predicted octanol–water partition coefficient (Wildman–Crippen LogP) is -0.254. The molecule has 0 saturated heterocycles. The number of rotatable bonds is 0. The van der Waals surface area contributed by atoms with Crippen molar-refractivity contribution >= 4 is 48.4 Å². The molecule has 0 fully saturated rings. The van der Waals surface area contributed by atoms with E-state index in [1.54, 1.807) is 0 Å². The summed E-state index contributed by atoms with van der Waals surface area (Å²) in [5.41, 5.74) is 0. The van der Waals surface area contributed by atoms with Crippen LogP contribution >= 0.6 is 12.9 Å². The van der Waals surface area contributed by atoms with Gasteiger partial charge in [0, 0.05) is 55.4 Å². The van der Waals surface area contributed by atoms with Crippen LogP contribution in [0.3, 0.4) is 0 Å². The first-order chi connectivity index (χ1) is 2.27. The summed E-state index contributed by atoms with van der Waals surface area (Å²) < 4.78 is 3.81. The molecule has 0 aliphatic heterocycles. The Labute approximate surface area is 98.3 Å². The number of hydrogen-bond donors (Lipinski definition) is 1. The molecule has 0 saturated carbocycles.